The number of fused-ring (bicyclic) bond motifs is 1. The average molecular weight is 496 g/mol. The van der Waals surface area contributed by atoms with Crippen LogP contribution in [0.1, 0.15) is 65.1 Å². The Kier molecular flexibility index (Phi) is 8.29. The van der Waals surface area contributed by atoms with E-state index < -0.39 is 0 Å². The van der Waals surface area contributed by atoms with Crippen molar-refractivity contribution in [3.8, 4) is 16.9 Å². The minimum Gasteiger partial charge on any atom is -0.496 e. The van der Waals surface area contributed by atoms with E-state index in [2.05, 4.69) is 29.0 Å². The number of ketones is 1. The van der Waals surface area contributed by atoms with Gasteiger partial charge in [-0.15, -0.1) is 0 Å². The van der Waals surface area contributed by atoms with Crippen molar-refractivity contribution in [2.45, 2.75) is 39.5 Å². The monoisotopic (exact) mass is 495 g/mol. The number of rotatable bonds is 10. The summed E-state index contributed by atoms with van der Waals surface area (Å²) >= 11 is 0. The molecule has 0 N–H and O–H groups in total. The molecule has 4 aromatic rings. The van der Waals surface area contributed by atoms with Gasteiger partial charge in [0.25, 0.3) is 5.91 Å². The second-order valence-corrected chi connectivity index (χ2v) is 9.17. The van der Waals surface area contributed by atoms with Crippen LogP contribution in [-0.4, -0.2) is 47.3 Å². The number of benzene rings is 2. The Morgan fingerprint density at radius 3 is 2.41 bits per heavy atom. The molecule has 0 radical (unpaired) electrons. The molecule has 2 heterocycles. The van der Waals surface area contributed by atoms with E-state index in [-0.39, 0.29) is 11.7 Å². The Morgan fingerprint density at radius 2 is 1.76 bits per heavy atom. The predicted molar refractivity (Wildman–Crippen MR) is 147 cm³/mol. The molecule has 0 bridgehead atoms. The number of ether oxygens (including phenoxy) is 1. The van der Waals surface area contributed by atoms with Gasteiger partial charge in [0.2, 0.25) is 0 Å². The summed E-state index contributed by atoms with van der Waals surface area (Å²) in [6, 6.07) is 17.7. The highest BCUT2D eigenvalue weighted by molar-refractivity contribution is 6.02. The van der Waals surface area contributed by atoms with Crippen molar-refractivity contribution < 1.29 is 14.3 Å². The quantitative estimate of drug-likeness (QED) is 0.239. The minimum absolute atomic E-state index is 0.0643. The van der Waals surface area contributed by atoms with Gasteiger partial charge in [-0.05, 0) is 36.1 Å². The third kappa shape index (κ3) is 5.69. The number of methoxy groups -OCH3 is 1. The first-order valence-electron chi connectivity index (χ1n) is 12.7. The van der Waals surface area contributed by atoms with Crippen LogP contribution in [0.2, 0.25) is 0 Å². The number of unbranched alkanes of at least 4 members (excludes halogenated alkanes) is 1. The summed E-state index contributed by atoms with van der Waals surface area (Å²) in [5, 5.41) is 0.901. The summed E-state index contributed by atoms with van der Waals surface area (Å²) in [4.78, 5) is 36.4. The molecule has 1 amide bonds. The molecular formula is C31H33N3O3. The van der Waals surface area contributed by atoms with E-state index in [4.69, 9.17) is 4.74 Å². The summed E-state index contributed by atoms with van der Waals surface area (Å²) in [6.45, 7) is 4.67. The summed E-state index contributed by atoms with van der Waals surface area (Å²) in [5.41, 5.74) is 5.53. The van der Waals surface area contributed by atoms with Crippen LogP contribution in [-0.2, 0) is 6.42 Å². The van der Waals surface area contributed by atoms with E-state index in [1.807, 2.05) is 43.3 Å². The molecule has 2 aromatic heterocycles. The fourth-order valence-electron chi connectivity index (χ4n) is 4.46. The number of pyridine rings is 2. The lowest BCUT2D eigenvalue weighted by atomic mass is 9.92. The predicted octanol–water partition coefficient (Wildman–Crippen LogP) is 6.36. The molecule has 0 spiro atoms. The number of Topliss-reactive ketones (excluding diaryl/α,β-unsaturated/α-hetero) is 1. The SMILES string of the molecule is CCCCN(C)C(=O)c1ccc(-c2cc3c(Cc4ccccc4)c(C(=O)CC)cnc3cc2OC)cn1. The van der Waals surface area contributed by atoms with Gasteiger partial charge in [-0.1, -0.05) is 56.7 Å². The van der Waals surface area contributed by atoms with Crippen LogP contribution in [0.15, 0.2) is 67.0 Å². The Bertz CT molecular complexity index is 1400. The van der Waals surface area contributed by atoms with E-state index in [9.17, 15) is 9.59 Å². The summed E-state index contributed by atoms with van der Waals surface area (Å²) < 4.78 is 5.72. The molecule has 0 unspecified atom stereocenters. The average Bonchev–Trinajstić information content (AvgIpc) is 2.95. The minimum atomic E-state index is -0.0949. The van der Waals surface area contributed by atoms with Crippen molar-refractivity contribution in [2.24, 2.45) is 0 Å². The molecule has 37 heavy (non-hydrogen) atoms. The summed E-state index contributed by atoms with van der Waals surface area (Å²) in [5.74, 6) is 0.623. The first-order chi connectivity index (χ1) is 18.0. The maximum Gasteiger partial charge on any atom is 0.272 e. The van der Waals surface area contributed by atoms with Gasteiger partial charge in [0.1, 0.15) is 11.4 Å². The molecule has 0 aliphatic heterocycles. The van der Waals surface area contributed by atoms with Crippen LogP contribution in [0.5, 0.6) is 5.75 Å². The Hall–Kier alpha value is -4.06. The van der Waals surface area contributed by atoms with Crippen LogP contribution in [0.25, 0.3) is 22.0 Å². The van der Waals surface area contributed by atoms with E-state index in [0.717, 1.165) is 46.0 Å². The van der Waals surface area contributed by atoms with Crippen molar-refractivity contribution >= 4 is 22.6 Å². The first-order valence-corrected chi connectivity index (χ1v) is 12.7. The highest BCUT2D eigenvalue weighted by Crippen LogP contribution is 2.36. The smallest absolute Gasteiger partial charge is 0.272 e. The lowest BCUT2D eigenvalue weighted by molar-refractivity contribution is 0.0787. The highest BCUT2D eigenvalue weighted by Gasteiger charge is 2.19. The van der Waals surface area contributed by atoms with Crippen LogP contribution >= 0.6 is 0 Å². The standard InChI is InChI=1S/C31H33N3O3/c1-5-7-15-34(3)31(36)27-14-13-22(19-32-27)23-17-25-24(16-21-11-9-8-10-12-21)26(29(35)6-2)20-33-28(25)18-30(23)37-4/h8-14,17-20H,5-7,15-16H2,1-4H3. The van der Waals surface area contributed by atoms with E-state index in [0.29, 0.717) is 36.4 Å². The number of hydrogen-bond donors (Lipinski definition) is 0. The highest BCUT2D eigenvalue weighted by atomic mass is 16.5. The third-order valence-electron chi connectivity index (χ3n) is 6.63. The van der Waals surface area contributed by atoms with Crippen molar-refractivity contribution in [2.75, 3.05) is 20.7 Å². The zero-order valence-electron chi connectivity index (χ0n) is 22.0. The second kappa shape index (κ2) is 11.8. The molecule has 6 nitrogen and oxygen atoms in total. The summed E-state index contributed by atoms with van der Waals surface area (Å²) in [6.07, 6.45) is 6.39. The molecule has 0 aliphatic rings. The van der Waals surface area contributed by atoms with Gasteiger partial charge < -0.3 is 9.64 Å². The second-order valence-electron chi connectivity index (χ2n) is 9.17. The van der Waals surface area contributed by atoms with Gasteiger partial charge in [0.15, 0.2) is 5.78 Å². The fourth-order valence-corrected chi connectivity index (χ4v) is 4.46. The lowest BCUT2D eigenvalue weighted by Crippen LogP contribution is -2.28. The molecule has 4 rings (SSSR count). The number of nitrogens with zero attached hydrogens (tertiary/aromatic N) is 3. The lowest BCUT2D eigenvalue weighted by Gasteiger charge is -2.17. The zero-order chi connectivity index (χ0) is 26.4. The molecule has 0 atom stereocenters. The van der Waals surface area contributed by atoms with Gasteiger partial charge in [-0.25, -0.2) is 0 Å². The van der Waals surface area contributed by atoms with Gasteiger partial charge >= 0.3 is 0 Å². The van der Waals surface area contributed by atoms with Gasteiger partial charge in [0, 0.05) is 60.5 Å². The molecule has 0 aliphatic carbocycles. The molecule has 0 fully saturated rings. The topological polar surface area (TPSA) is 72.4 Å². The molecule has 190 valence electrons. The van der Waals surface area contributed by atoms with Crippen molar-refractivity contribution in [3.63, 3.8) is 0 Å². The number of carbonyl (C=O) groups excluding carboxylic acids is 2. The van der Waals surface area contributed by atoms with E-state index in [1.54, 1.807) is 37.5 Å². The van der Waals surface area contributed by atoms with Crippen LogP contribution in [0.4, 0.5) is 0 Å². The van der Waals surface area contributed by atoms with Crippen LogP contribution < -0.4 is 4.74 Å². The molecule has 2 aromatic carbocycles. The Morgan fingerprint density at radius 1 is 0.973 bits per heavy atom. The summed E-state index contributed by atoms with van der Waals surface area (Å²) in [7, 11) is 3.43. The zero-order valence-corrected chi connectivity index (χ0v) is 22.0. The number of aromatic nitrogens is 2. The fraction of sp³-hybridized carbons (Fsp3) is 0.290. The van der Waals surface area contributed by atoms with E-state index >= 15 is 0 Å². The van der Waals surface area contributed by atoms with Gasteiger partial charge in [-0.3, -0.25) is 19.6 Å². The maximum absolute atomic E-state index is 12.9. The van der Waals surface area contributed by atoms with Gasteiger partial charge in [0.05, 0.1) is 12.6 Å². The largest absolute Gasteiger partial charge is 0.496 e. The Labute approximate surface area is 218 Å². The number of amides is 1. The maximum atomic E-state index is 12.9. The molecular weight excluding hydrogens is 462 g/mol. The number of hydrogen-bond acceptors (Lipinski definition) is 5. The van der Waals surface area contributed by atoms with E-state index in [1.165, 1.54) is 0 Å². The first kappa shape index (κ1) is 26.0. The van der Waals surface area contributed by atoms with Crippen molar-refractivity contribution in [1.29, 1.82) is 0 Å². The number of carbonyl (C=O) groups is 2. The van der Waals surface area contributed by atoms with Gasteiger partial charge in [-0.2, -0.15) is 0 Å². The molecule has 0 saturated carbocycles. The molecule has 6 heteroatoms. The Balaban J connectivity index is 1.80. The van der Waals surface area contributed by atoms with Crippen molar-refractivity contribution in [3.05, 3.63) is 89.4 Å². The molecule has 0 saturated heterocycles. The van der Waals surface area contributed by atoms with Crippen LogP contribution in [0, 0.1) is 0 Å². The van der Waals surface area contributed by atoms with Crippen molar-refractivity contribution in [1.82, 2.24) is 14.9 Å². The normalized spacial score (nSPS) is 10.9. The third-order valence-corrected chi connectivity index (χ3v) is 6.63. The van der Waals surface area contributed by atoms with Crippen LogP contribution in [0.3, 0.4) is 0 Å².